The molecule has 0 aliphatic heterocycles. The standard InChI is InChI=1S/C19H30O4/c1-5-15(4)23-19(21)18(22-11-7-8-14(2)3)13-16-9-6-10-17(20)12-16/h6,9-10,12,14-15,18,20H,5,7-8,11,13H2,1-4H3. The average Bonchev–Trinajstić information content (AvgIpc) is 2.49. The molecule has 0 bridgehead atoms. The number of carbonyl (C=O) groups is 1. The van der Waals surface area contributed by atoms with Gasteiger partial charge in [0.2, 0.25) is 0 Å². The van der Waals surface area contributed by atoms with Gasteiger partial charge in [-0.15, -0.1) is 0 Å². The number of hydrogen-bond donors (Lipinski definition) is 1. The minimum atomic E-state index is -0.627. The lowest BCUT2D eigenvalue weighted by Gasteiger charge is -2.20. The summed E-state index contributed by atoms with van der Waals surface area (Å²) in [5.41, 5.74) is 0.861. The highest BCUT2D eigenvalue weighted by atomic mass is 16.6. The van der Waals surface area contributed by atoms with Crippen LogP contribution in [0.4, 0.5) is 0 Å². The summed E-state index contributed by atoms with van der Waals surface area (Å²) >= 11 is 0. The molecule has 0 spiro atoms. The van der Waals surface area contributed by atoms with E-state index in [0.29, 0.717) is 18.9 Å². The minimum Gasteiger partial charge on any atom is -0.508 e. The van der Waals surface area contributed by atoms with Crippen LogP contribution in [0, 0.1) is 5.92 Å². The van der Waals surface area contributed by atoms with Gasteiger partial charge in [0.1, 0.15) is 5.75 Å². The Morgan fingerprint density at radius 1 is 1.26 bits per heavy atom. The first kappa shape index (κ1) is 19.5. The quantitative estimate of drug-likeness (QED) is 0.520. The number of phenols is 1. The maximum Gasteiger partial charge on any atom is 0.335 e. The van der Waals surface area contributed by atoms with E-state index in [1.807, 2.05) is 19.9 Å². The van der Waals surface area contributed by atoms with Crippen LogP contribution in [0.1, 0.15) is 52.5 Å². The van der Waals surface area contributed by atoms with E-state index in [1.54, 1.807) is 18.2 Å². The maximum atomic E-state index is 12.3. The van der Waals surface area contributed by atoms with Gasteiger partial charge in [-0.2, -0.15) is 0 Å². The monoisotopic (exact) mass is 322 g/mol. The number of rotatable bonds is 10. The molecule has 1 aromatic rings. The van der Waals surface area contributed by atoms with Crippen molar-refractivity contribution in [3.8, 4) is 5.75 Å². The van der Waals surface area contributed by atoms with Crippen molar-refractivity contribution < 1.29 is 19.4 Å². The second kappa shape index (κ2) is 10.3. The molecule has 23 heavy (non-hydrogen) atoms. The van der Waals surface area contributed by atoms with Gasteiger partial charge in [-0.1, -0.05) is 32.9 Å². The fourth-order valence-corrected chi connectivity index (χ4v) is 2.18. The summed E-state index contributed by atoms with van der Waals surface area (Å²) in [6.07, 6.45) is 2.43. The Morgan fingerprint density at radius 3 is 2.61 bits per heavy atom. The Hall–Kier alpha value is -1.55. The van der Waals surface area contributed by atoms with E-state index in [9.17, 15) is 9.90 Å². The van der Waals surface area contributed by atoms with Crippen molar-refractivity contribution in [1.29, 1.82) is 0 Å². The molecule has 4 nitrogen and oxygen atoms in total. The van der Waals surface area contributed by atoms with Crippen LogP contribution in [0.5, 0.6) is 5.75 Å². The number of carbonyl (C=O) groups excluding carboxylic acids is 1. The van der Waals surface area contributed by atoms with Gasteiger partial charge >= 0.3 is 5.97 Å². The Morgan fingerprint density at radius 2 is 2.00 bits per heavy atom. The van der Waals surface area contributed by atoms with Gasteiger partial charge in [-0.25, -0.2) is 4.79 Å². The second-order valence-corrected chi connectivity index (χ2v) is 6.43. The van der Waals surface area contributed by atoms with Crippen LogP contribution in [-0.4, -0.2) is 29.9 Å². The lowest BCUT2D eigenvalue weighted by atomic mass is 10.1. The summed E-state index contributed by atoms with van der Waals surface area (Å²) in [6.45, 7) is 8.73. The molecule has 1 rings (SSSR count). The van der Waals surface area contributed by atoms with Crippen LogP contribution in [0.2, 0.25) is 0 Å². The van der Waals surface area contributed by atoms with Crippen LogP contribution in [0.15, 0.2) is 24.3 Å². The summed E-state index contributed by atoms with van der Waals surface area (Å²) in [4.78, 5) is 12.3. The van der Waals surface area contributed by atoms with Crippen molar-refractivity contribution in [1.82, 2.24) is 0 Å². The molecule has 0 heterocycles. The molecule has 0 saturated carbocycles. The summed E-state index contributed by atoms with van der Waals surface area (Å²) in [7, 11) is 0. The molecule has 0 radical (unpaired) electrons. The van der Waals surface area contributed by atoms with Crippen molar-refractivity contribution in [2.45, 2.75) is 65.6 Å². The number of hydrogen-bond acceptors (Lipinski definition) is 4. The highest BCUT2D eigenvalue weighted by Crippen LogP contribution is 2.16. The first-order chi connectivity index (χ1) is 10.9. The zero-order valence-electron chi connectivity index (χ0n) is 14.7. The average molecular weight is 322 g/mol. The lowest BCUT2D eigenvalue weighted by Crippen LogP contribution is -2.31. The number of esters is 1. The predicted octanol–water partition coefficient (Wildman–Crippen LogP) is 4.10. The first-order valence-corrected chi connectivity index (χ1v) is 8.52. The smallest absolute Gasteiger partial charge is 0.335 e. The molecule has 130 valence electrons. The molecule has 0 fully saturated rings. The van der Waals surface area contributed by atoms with Gasteiger partial charge in [0.05, 0.1) is 6.10 Å². The molecule has 2 atom stereocenters. The fourth-order valence-electron chi connectivity index (χ4n) is 2.18. The van der Waals surface area contributed by atoms with E-state index in [4.69, 9.17) is 9.47 Å². The molecule has 0 aliphatic rings. The molecule has 0 saturated heterocycles. The summed E-state index contributed by atoms with van der Waals surface area (Å²) in [6, 6.07) is 6.90. The van der Waals surface area contributed by atoms with E-state index in [-0.39, 0.29) is 17.8 Å². The molecule has 1 aromatic carbocycles. The van der Waals surface area contributed by atoms with E-state index >= 15 is 0 Å². The Bertz CT molecular complexity index is 470. The van der Waals surface area contributed by atoms with Gasteiger partial charge in [-0.05, 0) is 49.8 Å². The van der Waals surface area contributed by atoms with Crippen molar-refractivity contribution in [2.24, 2.45) is 5.92 Å². The van der Waals surface area contributed by atoms with Gasteiger partial charge < -0.3 is 14.6 Å². The Balaban J connectivity index is 2.65. The predicted molar refractivity (Wildman–Crippen MR) is 91.5 cm³/mol. The molecular formula is C19H30O4. The SMILES string of the molecule is CCC(C)OC(=O)C(Cc1cccc(O)c1)OCCCC(C)C. The highest BCUT2D eigenvalue weighted by Gasteiger charge is 2.23. The highest BCUT2D eigenvalue weighted by molar-refractivity contribution is 5.75. The van der Waals surface area contributed by atoms with Crippen molar-refractivity contribution in [2.75, 3.05) is 6.61 Å². The number of ether oxygens (including phenoxy) is 2. The molecule has 4 heteroatoms. The summed E-state index contributed by atoms with van der Waals surface area (Å²) in [5, 5.41) is 9.57. The second-order valence-electron chi connectivity index (χ2n) is 6.43. The van der Waals surface area contributed by atoms with Crippen LogP contribution in [0.3, 0.4) is 0 Å². The first-order valence-electron chi connectivity index (χ1n) is 8.52. The van der Waals surface area contributed by atoms with Gasteiger partial charge in [0, 0.05) is 13.0 Å². The van der Waals surface area contributed by atoms with E-state index in [1.165, 1.54) is 0 Å². The zero-order valence-corrected chi connectivity index (χ0v) is 14.7. The lowest BCUT2D eigenvalue weighted by molar-refractivity contribution is -0.162. The van der Waals surface area contributed by atoms with E-state index in [2.05, 4.69) is 13.8 Å². The van der Waals surface area contributed by atoms with Gasteiger partial charge in [-0.3, -0.25) is 0 Å². The molecule has 2 unspecified atom stereocenters. The number of aromatic hydroxyl groups is 1. The minimum absolute atomic E-state index is 0.117. The number of benzene rings is 1. The van der Waals surface area contributed by atoms with Crippen LogP contribution in [-0.2, 0) is 20.7 Å². The molecule has 0 aromatic heterocycles. The zero-order chi connectivity index (χ0) is 17.2. The van der Waals surface area contributed by atoms with Crippen LogP contribution in [0.25, 0.3) is 0 Å². The van der Waals surface area contributed by atoms with Gasteiger partial charge in [0.15, 0.2) is 6.10 Å². The Kier molecular flexibility index (Phi) is 8.70. The Labute approximate surface area is 139 Å². The fraction of sp³-hybridized carbons (Fsp3) is 0.632. The van der Waals surface area contributed by atoms with Crippen molar-refractivity contribution in [3.05, 3.63) is 29.8 Å². The summed E-state index contributed by atoms with van der Waals surface area (Å²) in [5.74, 6) is 0.485. The summed E-state index contributed by atoms with van der Waals surface area (Å²) < 4.78 is 11.2. The van der Waals surface area contributed by atoms with E-state index < -0.39 is 6.10 Å². The third-order valence-corrected chi connectivity index (χ3v) is 3.73. The molecule has 0 aliphatic carbocycles. The third-order valence-electron chi connectivity index (χ3n) is 3.73. The van der Waals surface area contributed by atoms with Crippen molar-refractivity contribution in [3.63, 3.8) is 0 Å². The normalized spacial score (nSPS) is 13.8. The molecule has 0 amide bonds. The molecule has 1 N–H and O–H groups in total. The van der Waals surface area contributed by atoms with Crippen LogP contribution >= 0.6 is 0 Å². The topological polar surface area (TPSA) is 55.8 Å². The van der Waals surface area contributed by atoms with Crippen LogP contribution < -0.4 is 0 Å². The number of phenolic OH excluding ortho intramolecular Hbond substituents is 1. The van der Waals surface area contributed by atoms with Crippen molar-refractivity contribution >= 4 is 5.97 Å². The maximum absolute atomic E-state index is 12.3. The van der Waals surface area contributed by atoms with E-state index in [0.717, 1.165) is 24.8 Å². The third kappa shape index (κ3) is 8.03. The molecular weight excluding hydrogens is 292 g/mol. The largest absolute Gasteiger partial charge is 0.508 e. The van der Waals surface area contributed by atoms with Gasteiger partial charge in [0.25, 0.3) is 0 Å².